The Kier molecular flexibility index (Phi) is 9.22. The Hall–Kier alpha value is -2.69. The molecule has 4 aliphatic carbocycles. The highest BCUT2D eigenvalue weighted by Gasteiger charge is 2.72. The van der Waals surface area contributed by atoms with E-state index in [0.717, 1.165) is 49.9 Å². The molecule has 2 aromatic heterocycles. The van der Waals surface area contributed by atoms with E-state index in [1.807, 2.05) is 0 Å². The van der Waals surface area contributed by atoms with Crippen LogP contribution in [0.1, 0.15) is 121 Å². The third kappa shape index (κ3) is 5.45. The Bertz CT molecular complexity index is 1730. The molecule has 0 amide bonds. The smallest absolute Gasteiger partial charge is 0.307 e. The second-order valence-electron chi connectivity index (χ2n) is 20.7. The summed E-state index contributed by atoms with van der Waals surface area (Å²) in [5.74, 6) is 0.984. The quantitative estimate of drug-likeness (QED) is 0.259. The minimum atomic E-state index is -0.630. The summed E-state index contributed by atoms with van der Waals surface area (Å²) in [7, 11) is 0. The molecule has 1 saturated heterocycles. The molecule has 1 aliphatic heterocycles. The summed E-state index contributed by atoms with van der Waals surface area (Å²) in [5, 5.41) is 16.1. The van der Waals surface area contributed by atoms with Crippen LogP contribution >= 0.6 is 0 Å². The lowest BCUT2D eigenvalue weighted by Crippen LogP contribution is -2.69. The highest BCUT2D eigenvalue weighted by Crippen LogP contribution is 2.75. The van der Waals surface area contributed by atoms with E-state index < -0.39 is 17.4 Å². The Labute approximate surface area is 317 Å². The number of fused-ring (bicyclic) bond motifs is 3. The lowest BCUT2D eigenvalue weighted by molar-refractivity contribution is -0.253. The molecule has 2 bridgehead atoms. The SMILES string of the molecule is CC(C)[C@@H](C)[C@@]1(C)CC[C@]2(C)[C@H]3CC[C@@H]4[C@@]5(COC[C@@]4(C)C(OC[C@](C)(N)C(C)(C)C)[C@H](n4ncnc4-c4cncnc4)C5)C3=CC[C@@]2(C)[C@@H]1C(=O)O. The zero-order chi connectivity index (χ0) is 38.6. The maximum Gasteiger partial charge on any atom is 0.307 e. The van der Waals surface area contributed by atoms with Crippen molar-refractivity contribution < 1.29 is 19.4 Å². The molecule has 2 aromatic rings. The number of rotatable bonds is 8. The summed E-state index contributed by atoms with van der Waals surface area (Å²) in [6.45, 7) is 26.5. The lowest BCUT2D eigenvalue weighted by Gasteiger charge is -2.71. The fraction of sp³-hybridized carbons (Fsp3) is 0.791. The fourth-order valence-corrected chi connectivity index (χ4v) is 12.7. The van der Waals surface area contributed by atoms with Crippen LogP contribution < -0.4 is 5.73 Å². The first-order valence-electron chi connectivity index (χ1n) is 20.2. The molecular weight excluding hydrogens is 665 g/mol. The molecule has 0 spiro atoms. The van der Waals surface area contributed by atoms with Crippen molar-refractivity contribution in [1.82, 2.24) is 24.7 Å². The van der Waals surface area contributed by atoms with Crippen molar-refractivity contribution in [3.63, 3.8) is 0 Å². The van der Waals surface area contributed by atoms with Crippen molar-refractivity contribution in [1.29, 1.82) is 0 Å². The molecule has 4 fully saturated rings. The number of carbonyl (C=O) groups is 1. The van der Waals surface area contributed by atoms with Crippen LogP contribution in [-0.4, -0.2) is 67.3 Å². The zero-order valence-electron chi connectivity index (χ0n) is 34.3. The zero-order valence-corrected chi connectivity index (χ0v) is 34.3. The average Bonchev–Trinajstić information content (AvgIpc) is 3.57. The number of nitrogens with two attached hydrogens (primary N) is 1. The molecule has 0 radical (unpaired) electrons. The number of aliphatic carboxylic acids is 1. The molecule has 5 aliphatic rings. The number of nitrogens with zero attached hydrogens (tertiary/aromatic N) is 5. The number of carboxylic acid groups (broad SMARTS) is 1. The van der Waals surface area contributed by atoms with Gasteiger partial charge < -0.3 is 20.3 Å². The molecule has 3 N–H and O–H groups in total. The number of allylic oxidation sites excluding steroid dienone is 1. The normalized spacial score (nSPS) is 41.4. The third-order valence-electron chi connectivity index (χ3n) is 17.1. The Morgan fingerprint density at radius 3 is 2.38 bits per heavy atom. The van der Waals surface area contributed by atoms with Gasteiger partial charge in [-0.25, -0.2) is 19.6 Å². The van der Waals surface area contributed by atoms with Crippen molar-refractivity contribution in [3.05, 3.63) is 36.7 Å². The van der Waals surface area contributed by atoms with E-state index in [0.29, 0.717) is 37.6 Å². The highest BCUT2D eigenvalue weighted by atomic mass is 16.5. The molecule has 7 rings (SSSR count). The topological polar surface area (TPSA) is 138 Å². The van der Waals surface area contributed by atoms with Crippen LogP contribution in [0.25, 0.3) is 11.4 Å². The van der Waals surface area contributed by atoms with Crippen LogP contribution in [0.15, 0.2) is 36.7 Å². The Balaban J connectivity index is 1.35. The van der Waals surface area contributed by atoms with Gasteiger partial charge in [0, 0.05) is 28.8 Å². The van der Waals surface area contributed by atoms with Gasteiger partial charge in [0.15, 0.2) is 5.82 Å². The first kappa shape index (κ1) is 38.6. The second kappa shape index (κ2) is 12.7. The van der Waals surface area contributed by atoms with Gasteiger partial charge in [-0.3, -0.25) is 4.79 Å². The summed E-state index contributed by atoms with van der Waals surface area (Å²) in [5.41, 5.74) is 7.17. The van der Waals surface area contributed by atoms with Gasteiger partial charge in [-0.15, -0.1) is 0 Å². The largest absolute Gasteiger partial charge is 0.481 e. The number of hydrogen-bond donors (Lipinski definition) is 2. The van der Waals surface area contributed by atoms with Gasteiger partial charge in [-0.05, 0) is 90.8 Å². The Morgan fingerprint density at radius 1 is 1.04 bits per heavy atom. The summed E-state index contributed by atoms with van der Waals surface area (Å²) in [6, 6.07) is -0.150. The van der Waals surface area contributed by atoms with Gasteiger partial charge in [0.05, 0.1) is 43.4 Å². The standard InChI is InChI=1S/C43H66N6O4/c1-26(2)27(3)38(7)16-17-40(9)29-12-13-32-39(8)21-52-23-43(32,30(29)14-15-41(40,10)33(38)36(50)51)18-31(34(39)53-22-42(11,44)37(4,5)6)49-35(47-25-48-49)28-19-45-24-46-20-28/h14,19-20,24-27,29,31-34H,12-13,15-18,21-23,44H2,1-11H3,(H,50,51)/t27-,29+,31-,32+,33-,34?,38-,39-,40-,41+,42+,43+/m1/s1. The first-order valence-corrected chi connectivity index (χ1v) is 20.2. The van der Waals surface area contributed by atoms with Gasteiger partial charge in [-0.1, -0.05) is 80.9 Å². The molecule has 1 unspecified atom stereocenters. The predicted octanol–water partition coefficient (Wildman–Crippen LogP) is 8.01. The van der Waals surface area contributed by atoms with E-state index in [4.69, 9.17) is 25.3 Å². The predicted molar refractivity (Wildman–Crippen MR) is 205 cm³/mol. The number of aromatic nitrogens is 5. The number of ether oxygens (including phenoxy) is 2. The Morgan fingerprint density at radius 2 is 1.74 bits per heavy atom. The van der Waals surface area contributed by atoms with E-state index in [9.17, 15) is 9.90 Å². The molecule has 12 atom stereocenters. The molecule has 53 heavy (non-hydrogen) atoms. The van der Waals surface area contributed by atoms with Gasteiger partial charge in [-0.2, -0.15) is 5.10 Å². The second-order valence-corrected chi connectivity index (χ2v) is 20.7. The van der Waals surface area contributed by atoms with Gasteiger partial charge in [0.25, 0.3) is 0 Å². The number of carboxylic acids is 1. The minimum Gasteiger partial charge on any atom is -0.481 e. The summed E-state index contributed by atoms with van der Waals surface area (Å²) in [4.78, 5) is 27.0. The molecule has 10 heteroatoms. The molecule has 3 saturated carbocycles. The maximum absolute atomic E-state index is 13.6. The van der Waals surface area contributed by atoms with Crippen molar-refractivity contribution in [2.24, 2.45) is 67.8 Å². The lowest BCUT2D eigenvalue weighted by atomic mass is 9.34. The molecular formula is C43H66N6O4. The van der Waals surface area contributed by atoms with Crippen LogP contribution in [0.3, 0.4) is 0 Å². The van der Waals surface area contributed by atoms with Crippen molar-refractivity contribution in [2.75, 3.05) is 19.8 Å². The third-order valence-corrected chi connectivity index (χ3v) is 17.1. The average molecular weight is 731 g/mol. The van der Waals surface area contributed by atoms with Crippen LogP contribution in [-0.2, 0) is 14.3 Å². The van der Waals surface area contributed by atoms with E-state index in [-0.39, 0.29) is 50.6 Å². The monoisotopic (exact) mass is 731 g/mol. The summed E-state index contributed by atoms with van der Waals surface area (Å²) < 4.78 is 16.1. The van der Waals surface area contributed by atoms with Crippen LogP contribution in [0.2, 0.25) is 0 Å². The molecule has 0 aromatic carbocycles. The highest BCUT2D eigenvalue weighted by molar-refractivity contribution is 5.73. The van der Waals surface area contributed by atoms with Crippen molar-refractivity contribution >= 4 is 5.97 Å². The van der Waals surface area contributed by atoms with E-state index >= 15 is 0 Å². The molecule has 3 heterocycles. The van der Waals surface area contributed by atoms with Gasteiger partial charge >= 0.3 is 5.97 Å². The van der Waals surface area contributed by atoms with E-state index in [2.05, 4.69) is 96.9 Å². The molecule has 10 nitrogen and oxygen atoms in total. The van der Waals surface area contributed by atoms with Gasteiger partial charge in [0.1, 0.15) is 12.7 Å². The fourth-order valence-electron chi connectivity index (χ4n) is 12.7. The van der Waals surface area contributed by atoms with Crippen LogP contribution in [0.5, 0.6) is 0 Å². The van der Waals surface area contributed by atoms with E-state index in [1.54, 1.807) is 18.7 Å². The molecule has 292 valence electrons. The maximum atomic E-state index is 13.6. The summed E-state index contributed by atoms with van der Waals surface area (Å²) >= 11 is 0. The van der Waals surface area contributed by atoms with E-state index in [1.165, 1.54) is 11.9 Å². The van der Waals surface area contributed by atoms with Crippen LogP contribution in [0.4, 0.5) is 0 Å². The van der Waals surface area contributed by atoms with Crippen molar-refractivity contribution in [3.8, 4) is 11.4 Å². The van der Waals surface area contributed by atoms with Crippen molar-refractivity contribution in [2.45, 2.75) is 132 Å². The first-order chi connectivity index (χ1) is 24.7. The number of hydrogen-bond acceptors (Lipinski definition) is 8. The van der Waals surface area contributed by atoms with Crippen LogP contribution in [0, 0.1) is 62.1 Å². The minimum absolute atomic E-state index is 0.150. The van der Waals surface area contributed by atoms with Gasteiger partial charge in [0.2, 0.25) is 0 Å². The summed E-state index contributed by atoms with van der Waals surface area (Å²) in [6.07, 6.45) is 14.7.